The lowest BCUT2D eigenvalue weighted by molar-refractivity contribution is -0.134. The van der Waals surface area contributed by atoms with Gasteiger partial charge in [0.15, 0.2) is 0 Å². The van der Waals surface area contributed by atoms with Gasteiger partial charge in [0.1, 0.15) is 10.6 Å². The van der Waals surface area contributed by atoms with Gasteiger partial charge in [0.2, 0.25) is 10.0 Å². The van der Waals surface area contributed by atoms with Crippen LogP contribution in [0.15, 0.2) is 83.8 Å². The number of amides is 2. The van der Waals surface area contributed by atoms with Crippen LogP contribution in [0.5, 0.6) is 0 Å². The molecule has 2 amide bonds. The second kappa shape index (κ2) is 9.86. The zero-order valence-corrected chi connectivity index (χ0v) is 22.7. The van der Waals surface area contributed by atoms with Crippen molar-refractivity contribution < 1.29 is 18.0 Å². The molecule has 200 valence electrons. The fraction of sp³-hybridized carbons (Fsp3) is 0.241. The maximum atomic E-state index is 13.8. The third-order valence-electron chi connectivity index (χ3n) is 7.76. The van der Waals surface area contributed by atoms with E-state index in [0.29, 0.717) is 28.1 Å². The van der Waals surface area contributed by atoms with Crippen molar-refractivity contribution in [2.75, 3.05) is 5.75 Å². The summed E-state index contributed by atoms with van der Waals surface area (Å²) >= 11 is 1.60. The van der Waals surface area contributed by atoms with Gasteiger partial charge in [-0.15, -0.1) is 11.8 Å². The number of nitrogens with zero attached hydrogens (tertiary/aromatic N) is 1. The quantitative estimate of drug-likeness (QED) is 0.325. The van der Waals surface area contributed by atoms with Crippen LogP contribution >= 0.6 is 11.8 Å². The van der Waals surface area contributed by atoms with Gasteiger partial charge in [-0.2, -0.15) is 0 Å². The molecule has 0 radical (unpaired) electrons. The van der Waals surface area contributed by atoms with E-state index >= 15 is 0 Å². The average Bonchev–Trinajstić information content (AvgIpc) is 3.47. The number of carbonyl (C=O) groups excluding carboxylic acids is 2. The van der Waals surface area contributed by atoms with Crippen LogP contribution < -0.4 is 10.6 Å². The lowest BCUT2D eigenvalue weighted by atomic mass is 9.81. The fourth-order valence-corrected chi connectivity index (χ4v) is 7.65. The van der Waals surface area contributed by atoms with E-state index in [1.807, 2.05) is 36.4 Å². The lowest BCUT2D eigenvalue weighted by Gasteiger charge is -2.42. The summed E-state index contributed by atoms with van der Waals surface area (Å²) in [6, 6.07) is 24.2. The summed E-state index contributed by atoms with van der Waals surface area (Å²) in [5.41, 5.74) is 6.36. The number of hydrogen-bond acceptors (Lipinski definition) is 5. The molecule has 8 nitrogen and oxygen atoms in total. The van der Waals surface area contributed by atoms with E-state index in [-0.39, 0.29) is 16.5 Å². The van der Waals surface area contributed by atoms with Crippen LogP contribution in [0.1, 0.15) is 47.7 Å². The molecule has 10 heteroatoms. The summed E-state index contributed by atoms with van der Waals surface area (Å²) in [6.07, 6.45) is 3.40. The van der Waals surface area contributed by atoms with Crippen LogP contribution in [0.3, 0.4) is 0 Å². The number of H-pyrrole nitrogens is 1. The highest BCUT2D eigenvalue weighted by molar-refractivity contribution is 8.01. The van der Waals surface area contributed by atoms with Crippen LogP contribution in [-0.2, 0) is 14.8 Å². The molecule has 6 rings (SSSR count). The maximum Gasteiger partial charge on any atom is 0.286 e. The number of hydrogen-bond donors (Lipinski definition) is 3. The summed E-state index contributed by atoms with van der Waals surface area (Å²) in [7, 11) is -3.94. The van der Waals surface area contributed by atoms with Gasteiger partial charge in [-0.05, 0) is 60.9 Å². The van der Waals surface area contributed by atoms with Gasteiger partial charge in [-0.3, -0.25) is 15.0 Å². The van der Waals surface area contributed by atoms with Crippen molar-refractivity contribution in [3.63, 3.8) is 0 Å². The first-order valence-electron chi connectivity index (χ1n) is 12.8. The van der Waals surface area contributed by atoms with E-state index in [1.165, 1.54) is 22.7 Å². The van der Waals surface area contributed by atoms with Crippen molar-refractivity contribution in [1.82, 2.24) is 15.4 Å². The monoisotopic (exact) mass is 560 g/mol. The number of aromatic amines is 1. The molecule has 1 saturated carbocycles. The zero-order valence-electron chi connectivity index (χ0n) is 21.1. The van der Waals surface area contributed by atoms with E-state index in [2.05, 4.69) is 34.7 Å². The molecule has 4 N–H and O–H groups in total. The van der Waals surface area contributed by atoms with E-state index in [0.717, 1.165) is 31.2 Å². The predicted molar refractivity (Wildman–Crippen MR) is 152 cm³/mol. The van der Waals surface area contributed by atoms with Crippen LogP contribution in [0.4, 0.5) is 0 Å². The zero-order chi connectivity index (χ0) is 27.2. The number of benzene rings is 3. The standard InChI is InChI=1S/C29H28N4O4S2/c30-39(36,37)22-11-12-24-23(17-22)26(21-9-5-2-6-10-21)27(31-24)28(35)32-33-25(34)18-38-29(33)15-13-20(14-16-29)19-7-3-1-4-8-19/h1-12,17,20,31H,13-16,18H2,(H,32,35)(H2,30,36,37). The minimum atomic E-state index is -3.94. The minimum Gasteiger partial charge on any atom is -0.350 e. The van der Waals surface area contributed by atoms with Crippen LogP contribution in [-0.4, -0.2) is 40.8 Å². The predicted octanol–water partition coefficient (Wildman–Crippen LogP) is 4.76. The lowest BCUT2D eigenvalue weighted by Crippen LogP contribution is -2.55. The Bertz CT molecular complexity index is 1660. The van der Waals surface area contributed by atoms with Crippen molar-refractivity contribution >= 4 is 44.5 Å². The fourth-order valence-electron chi connectivity index (χ4n) is 5.79. The molecule has 0 bridgehead atoms. The van der Waals surface area contributed by atoms with Gasteiger partial charge in [-0.1, -0.05) is 60.7 Å². The van der Waals surface area contributed by atoms with Crippen LogP contribution in [0, 0.1) is 0 Å². The number of carbonyl (C=O) groups is 2. The van der Waals surface area contributed by atoms with E-state index in [1.54, 1.807) is 17.8 Å². The molecule has 1 aliphatic carbocycles. The Morgan fingerprint density at radius 1 is 1.00 bits per heavy atom. The molecule has 2 heterocycles. The molecule has 3 aromatic carbocycles. The second-order valence-corrected chi connectivity index (χ2v) is 13.0. The highest BCUT2D eigenvalue weighted by atomic mass is 32.2. The topological polar surface area (TPSA) is 125 Å². The third kappa shape index (κ3) is 4.73. The van der Waals surface area contributed by atoms with Crippen LogP contribution in [0.25, 0.3) is 22.0 Å². The number of fused-ring (bicyclic) bond motifs is 1. The van der Waals surface area contributed by atoms with Crippen molar-refractivity contribution in [3.05, 3.63) is 90.1 Å². The minimum absolute atomic E-state index is 0.0432. The maximum absolute atomic E-state index is 13.8. The van der Waals surface area contributed by atoms with Gasteiger partial charge < -0.3 is 4.98 Å². The summed E-state index contributed by atoms with van der Waals surface area (Å²) in [6.45, 7) is 0. The first kappa shape index (κ1) is 25.7. The number of primary sulfonamides is 1. The van der Waals surface area contributed by atoms with E-state index in [4.69, 9.17) is 5.14 Å². The number of thioether (sulfide) groups is 1. The summed E-state index contributed by atoms with van der Waals surface area (Å²) < 4.78 is 24.1. The van der Waals surface area contributed by atoms with Gasteiger partial charge in [0, 0.05) is 16.5 Å². The van der Waals surface area contributed by atoms with Gasteiger partial charge in [0.05, 0.1) is 10.6 Å². The Hall–Kier alpha value is -3.60. The largest absolute Gasteiger partial charge is 0.350 e. The van der Waals surface area contributed by atoms with Gasteiger partial charge in [-0.25, -0.2) is 18.6 Å². The van der Waals surface area contributed by atoms with E-state index < -0.39 is 20.8 Å². The van der Waals surface area contributed by atoms with Gasteiger partial charge in [0.25, 0.3) is 11.8 Å². The highest BCUT2D eigenvalue weighted by Crippen LogP contribution is 2.50. The highest BCUT2D eigenvalue weighted by Gasteiger charge is 2.49. The van der Waals surface area contributed by atoms with Crippen molar-refractivity contribution in [2.45, 2.75) is 41.4 Å². The number of aromatic nitrogens is 1. The Kier molecular flexibility index (Phi) is 6.49. The smallest absolute Gasteiger partial charge is 0.286 e. The van der Waals surface area contributed by atoms with Crippen molar-refractivity contribution in [3.8, 4) is 11.1 Å². The Labute approximate surface area is 231 Å². The summed E-state index contributed by atoms with van der Waals surface area (Å²) in [4.78, 5) is 29.5. The van der Waals surface area contributed by atoms with Gasteiger partial charge >= 0.3 is 0 Å². The summed E-state index contributed by atoms with van der Waals surface area (Å²) in [5.74, 6) is 0.159. The van der Waals surface area contributed by atoms with E-state index in [9.17, 15) is 18.0 Å². The molecule has 1 spiro atoms. The van der Waals surface area contributed by atoms with Crippen LogP contribution in [0.2, 0.25) is 0 Å². The summed E-state index contributed by atoms with van der Waals surface area (Å²) in [5, 5.41) is 7.48. The molecule has 2 fully saturated rings. The third-order valence-corrected chi connectivity index (χ3v) is 10.2. The number of hydrazine groups is 1. The van der Waals surface area contributed by atoms with Crippen molar-refractivity contribution in [2.24, 2.45) is 5.14 Å². The Morgan fingerprint density at radius 2 is 1.67 bits per heavy atom. The number of nitrogens with one attached hydrogen (secondary N) is 2. The molecule has 1 saturated heterocycles. The number of rotatable bonds is 5. The molecule has 1 aliphatic heterocycles. The molecule has 0 unspecified atom stereocenters. The molecular formula is C29H28N4O4S2. The second-order valence-electron chi connectivity index (χ2n) is 10.1. The molecular weight excluding hydrogens is 532 g/mol. The molecule has 0 atom stereocenters. The van der Waals surface area contributed by atoms with Crippen molar-refractivity contribution in [1.29, 1.82) is 0 Å². The average molecular weight is 561 g/mol. The number of nitrogens with two attached hydrogens (primary N) is 1. The number of sulfonamides is 1. The first-order chi connectivity index (χ1) is 18.7. The molecule has 2 aliphatic rings. The molecule has 1 aromatic heterocycles. The Morgan fingerprint density at radius 3 is 2.33 bits per heavy atom. The first-order valence-corrected chi connectivity index (χ1v) is 15.4. The normalized spacial score (nSPS) is 21.5. The SMILES string of the molecule is NS(=O)(=O)c1ccc2[nH]c(C(=O)NN3C(=O)CSC34CCC(c3ccccc3)CC4)c(-c3ccccc3)c2c1. The Balaban J connectivity index is 1.33. The molecule has 39 heavy (non-hydrogen) atoms. The molecule has 4 aromatic rings.